The van der Waals surface area contributed by atoms with Crippen molar-refractivity contribution in [2.75, 3.05) is 32.8 Å². The van der Waals surface area contributed by atoms with Crippen molar-refractivity contribution >= 4 is 0 Å². The van der Waals surface area contributed by atoms with Crippen LogP contribution in [0.4, 0.5) is 0 Å². The fourth-order valence-corrected chi connectivity index (χ4v) is 2.32. The Morgan fingerprint density at radius 1 is 0.773 bits per heavy atom. The summed E-state index contributed by atoms with van der Waals surface area (Å²) in [4.78, 5) is 2.04. The van der Waals surface area contributed by atoms with Gasteiger partial charge in [-0.25, -0.2) is 0 Å². The number of ether oxygens (including phenoxy) is 1. The average molecular weight is 301 g/mol. The van der Waals surface area contributed by atoms with Gasteiger partial charge in [0.15, 0.2) is 0 Å². The lowest BCUT2D eigenvalue weighted by molar-refractivity contribution is 0.162. The van der Waals surface area contributed by atoms with Crippen molar-refractivity contribution in [3.8, 4) is 11.5 Å². The Hall–Kier alpha value is -1.88. The van der Waals surface area contributed by atoms with Crippen molar-refractivity contribution < 1.29 is 14.9 Å². The molecular formula is C18H23NO3. The number of nitrogens with zero attached hydrogens (tertiary/aromatic N) is 1. The molecule has 2 N–H and O–H groups in total. The third-order valence-electron chi connectivity index (χ3n) is 3.47. The summed E-state index contributed by atoms with van der Waals surface area (Å²) in [6.45, 7) is 2.12. The van der Waals surface area contributed by atoms with Gasteiger partial charge in [0.1, 0.15) is 11.5 Å². The van der Waals surface area contributed by atoms with E-state index in [0.29, 0.717) is 13.1 Å². The molecule has 0 aromatic heterocycles. The Morgan fingerprint density at radius 3 is 2.09 bits per heavy atom. The monoisotopic (exact) mass is 301 g/mol. The lowest BCUT2D eigenvalue weighted by atomic mass is 10.1. The van der Waals surface area contributed by atoms with Gasteiger partial charge < -0.3 is 14.9 Å². The van der Waals surface area contributed by atoms with E-state index in [2.05, 4.69) is 0 Å². The van der Waals surface area contributed by atoms with Crippen LogP contribution in [0.25, 0.3) is 0 Å². The maximum absolute atomic E-state index is 9.06. The molecule has 0 aliphatic rings. The molecule has 22 heavy (non-hydrogen) atoms. The van der Waals surface area contributed by atoms with Gasteiger partial charge in [-0.1, -0.05) is 36.4 Å². The SMILES string of the molecule is OCCN(CCO)CCc1ccccc1Oc1ccccc1. The van der Waals surface area contributed by atoms with E-state index in [-0.39, 0.29) is 13.2 Å². The largest absolute Gasteiger partial charge is 0.457 e. The van der Waals surface area contributed by atoms with E-state index in [9.17, 15) is 0 Å². The normalized spacial score (nSPS) is 10.9. The smallest absolute Gasteiger partial charge is 0.130 e. The van der Waals surface area contributed by atoms with Crippen LogP contribution in [0.3, 0.4) is 0 Å². The lowest BCUT2D eigenvalue weighted by Crippen LogP contribution is -2.31. The maximum atomic E-state index is 9.06. The van der Waals surface area contributed by atoms with Crippen molar-refractivity contribution in [2.45, 2.75) is 6.42 Å². The molecule has 0 saturated heterocycles. The quantitative estimate of drug-likeness (QED) is 0.746. The molecule has 2 rings (SSSR count). The minimum Gasteiger partial charge on any atom is -0.457 e. The summed E-state index contributed by atoms with van der Waals surface area (Å²) in [5, 5.41) is 18.1. The van der Waals surface area contributed by atoms with Crippen molar-refractivity contribution in [2.24, 2.45) is 0 Å². The second-order valence-electron chi connectivity index (χ2n) is 5.06. The molecule has 0 amide bonds. The van der Waals surface area contributed by atoms with Gasteiger partial charge in [0.25, 0.3) is 0 Å². The molecule has 118 valence electrons. The van der Waals surface area contributed by atoms with Crippen LogP contribution in [0.2, 0.25) is 0 Å². The molecule has 0 bridgehead atoms. The minimum atomic E-state index is 0.0994. The number of aliphatic hydroxyl groups is 2. The summed E-state index contributed by atoms with van der Waals surface area (Å²) < 4.78 is 5.94. The highest BCUT2D eigenvalue weighted by Gasteiger charge is 2.08. The van der Waals surface area contributed by atoms with Gasteiger partial charge in [-0.2, -0.15) is 0 Å². The molecule has 0 fully saturated rings. The van der Waals surface area contributed by atoms with Gasteiger partial charge in [0.2, 0.25) is 0 Å². The summed E-state index contributed by atoms with van der Waals surface area (Å²) >= 11 is 0. The number of para-hydroxylation sites is 2. The molecule has 0 atom stereocenters. The second kappa shape index (κ2) is 9.20. The average Bonchev–Trinajstić information content (AvgIpc) is 2.55. The number of hydrogen-bond donors (Lipinski definition) is 2. The van der Waals surface area contributed by atoms with Crippen LogP contribution in [0, 0.1) is 0 Å². The molecule has 0 heterocycles. The summed E-state index contributed by atoms with van der Waals surface area (Å²) in [6.07, 6.45) is 0.809. The third kappa shape index (κ3) is 5.15. The number of benzene rings is 2. The van der Waals surface area contributed by atoms with Crippen LogP contribution >= 0.6 is 0 Å². The maximum Gasteiger partial charge on any atom is 0.130 e. The standard InChI is InChI=1S/C18H23NO3/c20-14-12-19(13-15-21)11-10-16-6-4-5-9-18(16)22-17-7-2-1-3-8-17/h1-9,20-21H,10-15H2. The van der Waals surface area contributed by atoms with E-state index in [0.717, 1.165) is 30.0 Å². The highest BCUT2D eigenvalue weighted by molar-refractivity contribution is 5.37. The zero-order chi connectivity index (χ0) is 15.6. The molecule has 0 saturated carbocycles. The molecular weight excluding hydrogens is 278 g/mol. The fraction of sp³-hybridized carbons (Fsp3) is 0.333. The van der Waals surface area contributed by atoms with E-state index in [1.807, 2.05) is 59.5 Å². The molecule has 2 aromatic rings. The summed E-state index contributed by atoms with van der Waals surface area (Å²) in [5.41, 5.74) is 1.12. The summed E-state index contributed by atoms with van der Waals surface area (Å²) in [6, 6.07) is 17.7. The van der Waals surface area contributed by atoms with E-state index in [1.165, 1.54) is 0 Å². The Labute approximate surface area is 131 Å². The van der Waals surface area contributed by atoms with Gasteiger partial charge in [-0.15, -0.1) is 0 Å². The first kappa shape index (κ1) is 16.5. The molecule has 0 unspecified atom stereocenters. The Kier molecular flexibility index (Phi) is 6.90. The minimum absolute atomic E-state index is 0.0994. The zero-order valence-corrected chi connectivity index (χ0v) is 12.7. The second-order valence-corrected chi connectivity index (χ2v) is 5.06. The Balaban J connectivity index is 2.01. The van der Waals surface area contributed by atoms with Crippen LogP contribution in [-0.2, 0) is 6.42 Å². The Bertz CT molecular complexity index is 539. The lowest BCUT2D eigenvalue weighted by Gasteiger charge is -2.20. The van der Waals surface area contributed by atoms with Crippen molar-refractivity contribution in [3.63, 3.8) is 0 Å². The van der Waals surface area contributed by atoms with Crippen LogP contribution in [0.1, 0.15) is 5.56 Å². The Morgan fingerprint density at radius 2 is 1.41 bits per heavy atom. The topological polar surface area (TPSA) is 52.9 Å². The first-order valence-electron chi connectivity index (χ1n) is 7.58. The first-order valence-corrected chi connectivity index (χ1v) is 7.58. The molecule has 2 aromatic carbocycles. The van der Waals surface area contributed by atoms with Gasteiger partial charge in [0.05, 0.1) is 13.2 Å². The molecule has 0 aliphatic heterocycles. The number of aliphatic hydroxyl groups excluding tert-OH is 2. The van der Waals surface area contributed by atoms with Crippen LogP contribution in [0.15, 0.2) is 54.6 Å². The van der Waals surface area contributed by atoms with Gasteiger partial charge >= 0.3 is 0 Å². The molecule has 4 nitrogen and oxygen atoms in total. The fourth-order valence-electron chi connectivity index (χ4n) is 2.32. The van der Waals surface area contributed by atoms with Crippen LogP contribution < -0.4 is 4.74 Å². The van der Waals surface area contributed by atoms with E-state index in [4.69, 9.17) is 14.9 Å². The van der Waals surface area contributed by atoms with Crippen LogP contribution in [-0.4, -0.2) is 48.0 Å². The van der Waals surface area contributed by atoms with E-state index in [1.54, 1.807) is 0 Å². The number of rotatable bonds is 9. The number of hydrogen-bond acceptors (Lipinski definition) is 4. The zero-order valence-electron chi connectivity index (χ0n) is 12.7. The summed E-state index contributed by atoms with van der Waals surface area (Å²) in [5.74, 6) is 1.67. The van der Waals surface area contributed by atoms with Crippen LogP contribution in [0.5, 0.6) is 11.5 Å². The summed E-state index contributed by atoms with van der Waals surface area (Å²) in [7, 11) is 0. The molecule has 0 radical (unpaired) electrons. The van der Waals surface area contributed by atoms with Gasteiger partial charge in [0, 0.05) is 19.6 Å². The van der Waals surface area contributed by atoms with Crippen molar-refractivity contribution in [3.05, 3.63) is 60.2 Å². The molecule has 0 spiro atoms. The van der Waals surface area contributed by atoms with E-state index >= 15 is 0 Å². The molecule has 4 heteroatoms. The third-order valence-corrected chi connectivity index (χ3v) is 3.47. The van der Waals surface area contributed by atoms with E-state index < -0.39 is 0 Å². The highest BCUT2D eigenvalue weighted by Crippen LogP contribution is 2.25. The molecule has 0 aliphatic carbocycles. The van der Waals surface area contributed by atoms with Gasteiger partial charge in [-0.05, 0) is 30.2 Å². The predicted octanol–water partition coefficient (Wildman–Crippen LogP) is 2.31. The van der Waals surface area contributed by atoms with Crippen molar-refractivity contribution in [1.82, 2.24) is 4.90 Å². The van der Waals surface area contributed by atoms with Gasteiger partial charge in [-0.3, -0.25) is 4.90 Å². The first-order chi connectivity index (χ1) is 10.8. The van der Waals surface area contributed by atoms with Crippen molar-refractivity contribution in [1.29, 1.82) is 0 Å². The predicted molar refractivity (Wildman–Crippen MR) is 87.3 cm³/mol. The highest BCUT2D eigenvalue weighted by atomic mass is 16.5.